The number of H-pyrrole nitrogens is 1. The number of hydrogen-bond acceptors (Lipinski definition) is 5. The van der Waals surface area contributed by atoms with Crippen molar-refractivity contribution in [3.8, 4) is 28.1 Å². The predicted molar refractivity (Wildman–Crippen MR) is 155 cm³/mol. The monoisotopic (exact) mass is 522 g/mol. The Morgan fingerprint density at radius 1 is 1.03 bits per heavy atom. The van der Waals surface area contributed by atoms with Crippen LogP contribution in [0, 0.1) is 12.7 Å². The number of fused-ring (bicyclic) bond motifs is 2. The van der Waals surface area contributed by atoms with Crippen LogP contribution in [0.5, 0.6) is 5.75 Å². The number of likely N-dealkylation sites (N-methyl/N-ethyl adjacent to an activating group) is 1. The third-order valence-electron chi connectivity index (χ3n) is 7.21. The van der Waals surface area contributed by atoms with Gasteiger partial charge >= 0.3 is 0 Å². The highest BCUT2D eigenvalue weighted by Crippen LogP contribution is 2.35. The Morgan fingerprint density at radius 3 is 2.69 bits per heavy atom. The maximum Gasteiger partial charge on any atom is 0.127 e. The second-order valence-electron chi connectivity index (χ2n) is 10.1. The first-order chi connectivity index (χ1) is 18.9. The van der Waals surface area contributed by atoms with Crippen LogP contribution in [0.3, 0.4) is 0 Å². The van der Waals surface area contributed by atoms with Crippen molar-refractivity contribution in [2.24, 2.45) is 12.0 Å². The van der Waals surface area contributed by atoms with Crippen molar-refractivity contribution in [3.63, 3.8) is 0 Å². The van der Waals surface area contributed by atoms with Gasteiger partial charge in [0.05, 0.1) is 23.3 Å². The summed E-state index contributed by atoms with van der Waals surface area (Å²) >= 11 is 0. The fraction of sp³-hybridized carbons (Fsp3) is 0.226. The summed E-state index contributed by atoms with van der Waals surface area (Å²) in [5, 5.41) is 4.38. The van der Waals surface area contributed by atoms with E-state index in [1.807, 2.05) is 63.4 Å². The van der Waals surface area contributed by atoms with E-state index in [4.69, 9.17) is 9.73 Å². The van der Waals surface area contributed by atoms with Gasteiger partial charge in [-0.15, -0.1) is 0 Å². The Hall–Kier alpha value is -4.43. The lowest BCUT2D eigenvalue weighted by atomic mass is 9.98. The number of benzene rings is 3. The van der Waals surface area contributed by atoms with E-state index >= 15 is 0 Å². The summed E-state index contributed by atoms with van der Waals surface area (Å²) in [4.78, 5) is 14.9. The normalized spacial score (nSPS) is 12.9. The zero-order valence-electron chi connectivity index (χ0n) is 22.5. The van der Waals surface area contributed by atoms with Crippen molar-refractivity contribution in [3.05, 3.63) is 89.8 Å². The van der Waals surface area contributed by atoms with Gasteiger partial charge in [0.15, 0.2) is 0 Å². The second-order valence-corrected chi connectivity index (χ2v) is 10.1. The molecule has 3 heterocycles. The molecule has 6 rings (SSSR count). The van der Waals surface area contributed by atoms with Gasteiger partial charge in [0, 0.05) is 47.4 Å². The quantitative estimate of drug-likeness (QED) is 0.282. The van der Waals surface area contributed by atoms with Gasteiger partial charge in [0.25, 0.3) is 0 Å². The van der Waals surface area contributed by atoms with Crippen LogP contribution >= 0.6 is 0 Å². The average Bonchev–Trinajstić information content (AvgIpc) is 3.50. The lowest BCUT2D eigenvalue weighted by Gasteiger charge is -2.19. The highest BCUT2D eigenvalue weighted by molar-refractivity contribution is 6.18. The van der Waals surface area contributed by atoms with Gasteiger partial charge in [-0.2, -0.15) is 0 Å². The highest BCUT2D eigenvalue weighted by atomic mass is 19.1. The van der Waals surface area contributed by atoms with Crippen molar-refractivity contribution < 1.29 is 9.13 Å². The topological polar surface area (TPSA) is 70.5 Å². The van der Waals surface area contributed by atoms with Crippen molar-refractivity contribution in [1.82, 2.24) is 19.4 Å². The molecular formula is C31H31FN6O. The summed E-state index contributed by atoms with van der Waals surface area (Å²) in [6.07, 6.45) is 1.90. The fourth-order valence-electron chi connectivity index (χ4n) is 5.03. The minimum atomic E-state index is -0.324. The molecule has 5 aromatic rings. The number of aromatic amines is 1. The number of nitrogens with zero attached hydrogens (tertiary/aromatic N) is 4. The Bertz CT molecular complexity index is 1710. The molecule has 0 atom stereocenters. The molecule has 198 valence electrons. The van der Waals surface area contributed by atoms with Crippen LogP contribution in [-0.4, -0.2) is 59.1 Å². The summed E-state index contributed by atoms with van der Waals surface area (Å²) in [6, 6.07) is 19.4. The maximum atomic E-state index is 14.6. The molecule has 0 fully saturated rings. The van der Waals surface area contributed by atoms with Crippen LogP contribution in [0.4, 0.5) is 10.1 Å². The molecule has 0 bridgehead atoms. The zero-order chi connectivity index (χ0) is 27.1. The number of halogens is 1. The van der Waals surface area contributed by atoms with Crippen LogP contribution < -0.4 is 10.1 Å². The summed E-state index contributed by atoms with van der Waals surface area (Å²) in [5.74, 6) is 1.16. The minimum Gasteiger partial charge on any atom is -0.492 e. The van der Waals surface area contributed by atoms with E-state index in [-0.39, 0.29) is 5.82 Å². The number of aryl methyl sites for hydroxylation is 1. The first-order valence-electron chi connectivity index (χ1n) is 13.0. The molecule has 3 aromatic carbocycles. The minimum absolute atomic E-state index is 0.324. The van der Waals surface area contributed by atoms with Crippen LogP contribution in [0.2, 0.25) is 0 Å². The first-order valence-corrected chi connectivity index (χ1v) is 13.0. The number of imidazole rings is 1. The number of ether oxygens (including phenoxy) is 1. The SMILES string of the molecule is Cc1ncc(-c2ccc3c(c2)C(c2cc4c(-c5cc(F)cc(OCCN(C)C)c5)cccc4[nH]2)=NCN3)n1C. The summed E-state index contributed by atoms with van der Waals surface area (Å²) in [7, 11) is 5.99. The third-order valence-corrected chi connectivity index (χ3v) is 7.21. The van der Waals surface area contributed by atoms with Crippen LogP contribution in [0.1, 0.15) is 17.1 Å². The van der Waals surface area contributed by atoms with Gasteiger partial charge in [0.2, 0.25) is 0 Å². The molecule has 0 radical (unpaired) electrons. The molecule has 1 aliphatic rings. The molecule has 0 amide bonds. The smallest absolute Gasteiger partial charge is 0.127 e. The van der Waals surface area contributed by atoms with Gasteiger partial charge in [-0.25, -0.2) is 9.37 Å². The van der Waals surface area contributed by atoms with E-state index in [1.165, 1.54) is 6.07 Å². The van der Waals surface area contributed by atoms with E-state index in [9.17, 15) is 4.39 Å². The molecular weight excluding hydrogens is 491 g/mol. The van der Waals surface area contributed by atoms with Crippen molar-refractivity contribution in [2.45, 2.75) is 6.92 Å². The lowest BCUT2D eigenvalue weighted by molar-refractivity contribution is 0.260. The molecule has 0 saturated carbocycles. The number of rotatable bonds is 7. The average molecular weight is 523 g/mol. The van der Waals surface area contributed by atoms with Crippen LogP contribution in [-0.2, 0) is 7.05 Å². The number of aliphatic imine (C=N–C) groups is 1. The molecule has 2 N–H and O–H groups in total. The van der Waals surface area contributed by atoms with Gasteiger partial charge in [-0.05, 0) is 68.5 Å². The third kappa shape index (κ3) is 4.79. The summed E-state index contributed by atoms with van der Waals surface area (Å²) < 4.78 is 22.6. The second kappa shape index (κ2) is 10.0. The van der Waals surface area contributed by atoms with Crippen molar-refractivity contribution >= 4 is 22.3 Å². The summed E-state index contributed by atoms with van der Waals surface area (Å²) in [5.41, 5.74) is 8.65. The van der Waals surface area contributed by atoms with E-state index in [0.29, 0.717) is 19.0 Å². The predicted octanol–water partition coefficient (Wildman–Crippen LogP) is 5.84. The lowest BCUT2D eigenvalue weighted by Crippen LogP contribution is -2.19. The molecule has 2 aromatic heterocycles. The number of nitrogens with one attached hydrogen (secondary N) is 2. The Labute approximate surface area is 227 Å². The summed E-state index contributed by atoms with van der Waals surface area (Å²) in [6.45, 7) is 3.73. The van der Waals surface area contributed by atoms with Gasteiger partial charge in [0.1, 0.15) is 30.7 Å². The highest BCUT2D eigenvalue weighted by Gasteiger charge is 2.20. The molecule has 0 spiro atoms. The maximum absolute atomic E-state index is 14.6. The van der Waals surface area contributed by atoms with Crippen molar-refractivity contribution in [1.29, 1.82) is 0 Å². The Morgan fingerprint density at radius 2 is 1.90 bits per heavy atom. The van der Waals surface area contributed by atoms with Crippen molar-refractivity contribution in [2.75, 3.05) is 39.2 Å². The standard InChI is InChI=1S/C31H31FN6O/c1-19-33-17-30(38(19)4)20-8-9-27-26(14-20)31(35-18-34-27)29-16-25-24(6-5-7-28(25)36-29)21-12-22(32)15-23(13-21)39-11-10-37(2)3/h5-9,12-17,34,36H,10-11,18H2,1-4H3. The number of anilines is 1. The molecule has 7 nitrogen and oxygen atoms in total. The van der Waals surface area contributed by atoms with E-state index in [0.717, 1.165) is 68.3 Å². The van der Waals surface area contributed by atoms with Gasteiger partial charge in [-0.3, -0.25) is 4.99 Å². The first kappa shape index (κ1) is 24.9. The molecule has 1 aliphatic heterocycles. The molecule has 0 aliphatic carbocycles. The van der Waals surface area contributed by atoms with Crippen LogP contribution in [0.15, 0.2) is 71.9 Å². The Balaban J connectivity index is 1.39. The largest absolute Gasteiger partial charge is 0.492 e. The van der Waals surface area contributed by atoms with Crippen LogP contribution in [0.25, 0.3) is 33.3 Å². The molecule has 0 unspecified atom stereocenters. The number of hydrogen-bond donors (Lipinski definition) is 2. The number of aromatic nitrogens is 3. The molecule has 39 heavy (non-hydrogen) atoms. The fourth-order valence-corrected chi connectivity index (χ4v) is 5.03. The Kier molecular flexibility index (Phi) is 6.40. The van der Waals surface area contributed by atoms with Gasteiger partial charge in [-0.1, -0.05) is 18.2 Å². The van der Waals surface area contributed by atoms with E-state index in [1.54, 1.807) is 6.07 Å². The molecule has 8 heteroatoms. The van der Waals surface area contributed by atoms with Gasteiger partial charge < -0.3 is 24.5 Å². The zero-order valence-corrected chi connectivity index (χ0v) is 22.5. The van der Waals surface area contributed by atoms with E-state index in [2.05, 4.69) is 44.1 Å². The molecule has 0 saturated heterocycles. The van der Waals surface area contributed by atoms with E-state index < -0.39 is 0 Å².